The first-order chi connectivity index (χ1) is 12.5. The van der Waals surface area contributed by atoms with Crippen molar-refractivity contribution in [3.8, 4) is 0 Å². The van der Waals surface area contributed by atoms with Crippen LogP contribution in [0.2, 0.25) is 0 Å². The Bertz CT molecular complexity index is 800. The Labute approximate surface area is 152 Å². The number of nitrogens with zero attached hydrogens (tertiary/aromatic N) is 2. The molecule has 0 radical (unpaired) electrons. The minimum absolute atomic E-state index is 0.0529. The number of carbonyl (C=O) groups excluding carboxylic acids is 1. The van der Waals surface area contributed by atoms with Gasteiger partial charge in [-0.2, -0.15) is 0 Å². The SMILES string of the molecule is Cc1noc(C)c1CCC(=O)N1C[C@@H]2CNC[C@@H]2[C@H]1c1cccc(F)c1. The van der Waals surface area contributed by atoms with Gasteiger partial charge in [0.15, 0.2) is 0 Å². The highest BCUT2D eigenvalue weighted by atomic mass is 19.1. The molecule has 2 aromatic rings. The number of likely N-dealkylation sites (tertiary alicyclic amines) is 1. The van der Waals surface area contributed by atoms with E-state index in [1.807, 2.05) is 24.8 Å². The number of halogens is 1. The van der Waals surface area contributed by atoms with E-state index in [9.17, 15) is 9.18 Å². The second-order valence-electron chi connectivity index (χ2n) is 7.43. The minimum atomic E-state index is -0.250. The summed E-state index contributed by atoms with van der Waals surface area (Å²) in [6.45, 7) is 6.31. The number of fused-ring (bicyclic) bond motifs is 1. The maximum absolute atomic E-state index is 13.8. The fourth-order valence-corrected chi connectivity index (χ4v) is 4.53. The number of hydrogen-bond acceptors (Lipinski definition) is 4. The first-order valence-corrected chi connectivity index (χ1v) is 9.22. The van der Waals surface area contributed by atoms with Crippen molar-refractivity contribution in [2.24, 2.45) is 11.8 Å². The molecule has 2 aliphatic heterocycles. The van der Waals surface area contributed by atoms with Crippen LogP contribution in [0.1, 0.15) is 35.0 Å². The van der Waals surface area contributed by atoms with Crippen molar-refractivity contribution in [1.29, 1.82) is 0 Å². The molecule has 0 bridgehead atoms. The third-order valence-corrected chi connectivity index (χ3v) is 5.85. The molecule has 5 nitrogen and oxygen atoms in total. The average molecular weight is 357 g/mol. The van der Waals surface area contributed by atoms with E-state index in [0.717, 1.165) is 42.2 Å². The number of aromatic nitrogens is 1. The summed E-state index contributed by atoms with van der Waals surface area (Å²) in [5.41, 5.74) is 2.76. The summed E-state index contributed by atoms with van der Waals surface area (Å²) in [7, 11) is 0. The van der Waals surface area contributed by atoms with Crippen LogP contribution in [-0.4, -0.2) is 35.6 Å². The zero-order chi connectivity index (χ0) is 18.3. The molecular formula is C20H24FN3O2. The van der Waals surface area contributed by atoms with Gasteiger partial charge in [0.05, 0.1) is 11.7 Å². The first kappa shape index (κ1) is 17.2. The van der Waals surface area contributed by atoms with Gasteiger partial charge in [-0.3, -0.25) is 4.79 Å². The zero-order valence-corrected chi connectivity index (χ0v) is 15.2. The van der Waals surface area contributed by atoms with Crippen LogP contribution in [0.15, 0.2) is 28.8 Å². The molecule has 1 aromatic heterocycles. The molecule has 6 heteroatoms. The van der Waals surface area contributed by atoms with Gasteiger partial charge < -0.3 is 14.7 Å². The quantitative estimate of drug-likeness (QED) is 0.914. The summed E-state index contributed by atoms with van der Waals surface area (Å²) >= 11 is 0. The van der Waals surface area contributed by atoms with E-state index in [2.05, 4.69) is 10.5 Å². The largest absolute Gasteiger partial charge is 0.361 e. The van der Waals surface area contributed by atoms with Crippen LogP contribution >= 0.6 is 0 Å². The van der Waals surface area contributed by atoms with Crippen molar-refractivity contribution in [1.82, 2.24) is 15.4 Å². The molecule has 1 amide bonds. The molecule has 138 valence electrons. The van der Waals surface area contributed by atoms with Gasteiger partial charge in [0, 0.05) is 37.5 Å². The molecule has 2 saturated heterocycles. The summed E-state index contributed by atoms with van der Waals surface area (Å²) in [4.78, 5) is 15.0. The molecule has 1 N–H and O–H groups in total. The smallest absolute Gasteiger partial charge is 0.223 e. The highest BCUT2D eigenvalue weighted by Gasteiger charge is 2.46. The van der Waals surface area contributed by atoms with E-state index in [-0.39, 0.29) is 17.8 Å². The second kappa shape index (κ2) is 6.83. The number of rotatable bonds is 4. The van der Waals surface area contributed by atoms with Crippen LogP contribution < -0.4 is 5.32 Å². The number of carbonyl (C=O) groups is 1. The summed E-state index contributed by atoms with van der Waals surface area (Å²) in [6, 6.07) is 6.63. The third kappa shape index (κ3) is 3.03. The fourth-order valence-electron chi connectivity index (χ4n) is 4.53. The predicted molar refractivity (Wildman–Crippen MR) is 95.0 cm³/mol. The second-order valence-corrected chi connectivity index (χ2v) is 7.43. The van der Waals surface area contributed by atoms with Gasteiger partial charge in [-0.05, 0) is 43.9 Å². The van der Waals surface area contributed by atoms with Crippen molar-refractivity contribution < 1.29 is 13.7 Å². The Balaban J connectivity index is 1.54. The maximum Gasteiger partial charge on any atom is 0.223 e. The van der Waals surface area contributed by atoms with Gasteiger partial charge in [0.2, 0.25) is 5.91 Å². The van der Waals surface area contributed by atoms with E-state index in [4.69, 9.17) is 4.52 Å². The maximum atomic E-state index is 13.8. The van der Waals surface area contributed by atoms with Gasteiger partial charge >= 0.3 is 0 Å². The van der Waals surface area contributed by atoms with E-state index in [1.54, 1.807) is 12.1 Å². The Morgan fingerprint density at radius 2 is 2.23 bits per heavy atom. The summed E-state index contributed by atoms with van der Waals surface area (Å²) in [5, 5.41) is 7.38. The highest BCUT2D eigenvalue weighted by molar-refractivity contribution is 5.77. The lowest BCUT2D eigenvalue weighted by atomic mass is 9.89. The van der Waals surface area contributed by atoms with Gasteiger partial charge in [-0.1, -0.05) is 17.3 Å². The molecule has 2 fully saturated rings. The van der Waals surface area contributed by atoms with Crippen LogP contribution in [-0.2, 0) is 11.2 Å². The van der Waals surface area contributed by atoms with Crippen LogP contribution in [0.5, 0.6) is 0 Å². The van der Waals surface area contributed by atoms with E-state index < -0.39 is 0 Å². The highest BCUT2D eigenvalue weighted by Crippen LogP contribution is 2.43. The zero-order valence-electron chi connectivity index (χ0n) is 15.2. The molecule has 0 aliphatic carbocycles. The van der Waals surface area contributed by atoms with Crippen LogP contribution in [0.4, 0.5) is 4.39 Å². The molecule has 1 aromatic carbocycles. The monoisotopic (exact) mass is 357 g/mol. The Kier molecular flexibility index (Phi) is 4.53. The Morgan fingerprint density at radius 1 is 1.38 bits per heavy atom. The summed E-state index contributed by atoms with van der Waals surface area (Å²) < 4.78 is 19.0. The standard InChI is InChI=1S/C20H24FN3O2/c1-12-17(13(2)26-23-12)6-7-19(25)24-11-15-9-22-10-18(15)20(24)14-4-3-5-16(21)8-14/h3-5,8,15,18,20,22H,6-7,9-11H2,1-2H3/t15-,18-,20+/m0/s1. The lowest BCUT2D eigenvalue weighted by molar-refractivity contribution is -0.132. The van der Waals surface area contributed by atoms with Crippen molar-refractivity contribution in [3.05, 3.63) is 52.7 Å². The molecule has 2 aliphatic rings. The van der Waals surface area contributed by atoms with Gasteiger partial charge in [0.25, 0.3) is 0 Å². The fraction of sp³-hybridized carbons (Fsp3) is 0.500. The Hall–Kier alpha value is -2.21. The molecule has 3 atom stereocenters. The summed E-state index contributed by atoms with van der Waals surface area (Å²) in [5.74, 6) is 1.43. The van der Waals surface area contributed by atoms with Crippen molar-refractivity contribution in [2.75, 3.05) is 19.6 Å². The molecule has 4 rings (SSSR count). The van der Waals surface area contributed by atoms with E-state index >= 15 is 0 Å². The average Bonchev–Trinajstić information content (AvgIpc) is 3.28. The molecule has 0 spiro atoms. The normalized spacial score (nSPS) is 24.9. The van der Waals surface area contributed by atoms with Gasteiger partial charge in [-0.25, -0.2) is 4.39 Å². The number of amides is 1. The van der Waals surface area contributed by atoms with Gasteiger partial charge in [0.1, 0.15) is 11.6 Å². The number of hydrogen-bond donors (Lipinski definition) is 1. The van der Waals surface area contributed by atoms with Crippen molar-refractivity contribution in [3.63, 3.8) is 0 Å². The topological polar surface area (TPSA) is 58.4 Å². The predicted octanol–water partition coefficient (Wildman–Crippen LogP) is 2.78. The Morgan fingerprint density at radius 3 is 2.96 bits per heavy atom. The first-order valence-electron chi connectivity index (χ1n) is 9.22. The van der Waals surface area contributed by atoms with Crippen LogP contribution in [0, 0.1) is 31.5 Å². The number of benzene rings is 1. The number of nitrogens with one attached hydrogen (secondary N) is 1. The molecule has 3 heterocycles. The van der Waals surface area contributed by atoms with E-state index in [0.29, 0.717) is 24.7 Å². The van der Waals surface area contributed by atoms with E-state index in [1.165, 1.54) is 6.07 Å². The molecule has 0 saturated carbocycles. The lowest BCUT2D eigenvalue weighted by Gasteiger charge is -2.28. The van der Waals surface area contributed by atoms with Crippen LogP contribution in [0.25, 0.3) is 0 Å². The molecular weight excluding hydrogens is 333 g/mol. The summed E-state index contributed by atoms with van der Waals surface area (Å²) in [6.07, 6.45) is 1.04. The van der Waals surface area contributed by atoms with Crippen molar-refractivity contribution in [2.45, 2.75) is 32.7 Å². The molecule has 0 unspecified atom stereocenters. The van der Waals surface area contributed by atoms with Crippen molar-refractivity contribution >= 4 is 5.91 Å². The number of aryl methyl sites for hydroxylation is 2. The van der Waals surface area contributed by atoms with Gasteiger partial charge in [-0.15, -0.1) is 0 Å². The minimum Gasteiger partial charge on any atom is -0.361 e. The lowest BCUT2D eigenvalue weighted by Crippen LogP contribution is -2.34. The van der Waals surface area contributed by atoms with Crippen LogP contribution in [0.3, 0.4) is 0 Å². The third-order valence-electron chi connectivity index (χ3n) is 5.85. The molecule has 26 heavy (non-hydrogen) atoms.